The molecule has 1 aromatic heterocycles. The molecule has 0 spiro atoms. The fraction of sp³-hybridized carbons (Fsp3) is 0.267. The Hall–Kier alpha value is -2.34. The number of benzene rings is 1. The molecule has 0 bridgehead atoms. The Morgan fingerprint density at radius 2 is 2.14 bits per heavy atom. The van der Waals surface area contributed by atoms with Crippen molar-refractivity contribution in [1.82, 2.24) is 14.9 Å². The van der Waals surface area contributed by atoms with Gasteiger partial charge in [0, 0.05) is 12.6 Å². The van der Waals surface area contributed by atoms with Crippen molar-refractivity contribution in [3.8, 4) is 17.8 Å². The van der Waals surface area contributed by atoms with Crippen LogP contribution in [0.1, 0.15) is 29.8 Å². The second-order valence-electron chi connectivity index (χ2n) is 4.98. The number of nitriles is 2. The number of nitrogens with one attached hydrogen (secondary N) is 1. The molecule has 1 aliphatic carbocycles. The van der Waals surface area contributed by atoms with E-state index in [9.17, 15) is 0 Å². The molecule has 6 heteroatoms. The Morgan fingerprint density at radius 1 is 1.33 bits per heavy atom. The normalized spacial score (nSPS) is 13.7. The zero-order valence-electron chi connectivity index (χ0n) is 11.2. The molecule has 0 amide bonds. The number of aromatic nitrogens is 2. The van der Waals surface area contributed by atoms with E-state index < -0.39 is 0 Å². The predicted octanol–water partition coefficient (Wildman–Crippen LogP) is 2.52. The first-order valence-corrected chi connectivity index (χ1v) is 7.00. The van der Waals surface area contributed by atoms with Crippen molar-refractivity contribution in [3.05, 3.63) is 46.5 Å². The summed E-state index contributed by atoms with van der Waals surface area (Å²) in [6.07, 6.45) is 3.92. The summed E-state index contributed by atoms with van der Waals surface area (Å²) in [5.74, 6) is 0. The van der Waals surface area contributed by atoms with Crippen LogP contribution in [0.5, 0.6) is 0 Å². The molecule has 1 heterocycles. The van der Waals surface area contributed by atoms with E-state index in [1.54, 1.807) is 4.57 Å². The number of nitrogens with zero attached hydrogens (tertiary/aromatic N) is 4. The molecule has 21 heavy (non-hydrogen) atoms. The van der Waals surface area contributed by atoms with Gasteiger partial charge in [-0.15, -0.1) is 0 Å². The largest absolute Gasteiger partial charge is 0.310 e. The third-order valence-electron chi connectivity index (χ3n) is 3.42. The van der Waals surface area contributed by atoms with Gasteiger partial charge in [-0.05, 0) is 30.5 Å². The van der Waals surface area contributed by atoms with Gasteiger partial charge in [0.05, 0.1) is 10.7 Å². The van der Waals surface area contributed by atoms with Gasteiger partial charge >= 0.3 is 0 Å². The molecular formula is C15H12ClN5. The predicted molar refractivity (Wildman–Crippen MR) is 77.9 cm³/mol. The summed E-state index contributed by atoms with van der Waals surface area (Å²) in [6, 6.07) is 10.2. The highest BCUT2D eigenvalue weighted by Crippen LogP contribution is 2.25. The minimum Gasteiger partial charge on any atom is -0.310 e. The van der Waals surface area contributed by atoms with Gasteiger partial charge in [-0.25, -0.2) is 4.98 Å². The van der Waals surface area contributed by atoms with Gasteiger partial charge in [-0.3, -0.25) is 4.57 Å². The average molecular weight is 298 g/mol. The van der Waals surface area contributed by atoms with Crippen LogP contribution in [0.15, 0.2) is 24.5 Å². The number of rotatable bonds is 4. The molecule has 0 atom stereocenters. The van der Waals surface area contributed by atoms with E-state index in [-0.39, 0.29) is 11.4 Å². The summed E-state index contributed by atoms with van der Waals surface area (Å²) in [5.41, 5.74) is 2.04. The van der Waals surface area contributed by atoms with E-state index in [1.165, 1.54) is 19.2 Å². The lowest BCUT2D eigenvalue weighted by molar-refractivity contribution is 0.688. The van der Waals surface area contributed by atoms with Crippen LogP contribution >= 0.6 is 11.6 Å². The number of hydrogen-bond donors (Lipinski definition) is 1. The molecule has 0 unspecified atom stereocenters. The molecule has 1 aromatic carbocycles. The van der Waals surface area contributed by atoms with Crippen LogP contribution in [0.25, 0.3) is 5.69 Å². The number of halogens is 1. The van der Waals surface area contributed by atoms with Gasteiger partial charge in [0.15, 0.2) is 11.4 Å². The van der Waals surface area contributed by atoms with Crippen LogP contribution < -0.4 is 5.32 Å². The lowest BCUT2D eigenvalue weighted by Gasteiger charge is -2.09. The van der Waals surface area contributed by atoms with Gasteiger partial charge < -0.3 is 5.32 Å². The molecule has 1 N–H and O–H groups in total. The highest BCUT2D eigenvalue weighted by atomic mass is 35.5. The highest BCUT2D eigenvalue weighted by Gasteiger charge is 2.20. The number of hydrogen-bond acceptors (Lipinski definition) is 4. The van der Waals surface area contributed by atoms with E-state index in [4.69, 9.17) is 22.1 Å². The van der Waals surface area contributed by atoms with Crippen molar-refractivity contribution in [2.75, 3.05) is 0 Å². The summed E-state index contributed by atoms with van der Waals surface area (Å²) < 4.78 is 1.54. The van der Waals surface area contributed by atoms with Gasteiger partial charge in [0.1, 0.15) is 18.5 Å². The second kappa shape index (κ2) is 5.57. The van der Waals surface area contributed by atoms with Crippen molar-refractivity contribution in [2.45, 2.75) is 25.4 Å². The Morgan fingerprint density at radius 3 is 2.76 bits per heavy atom. The van der Waals surface area contributed by atoms with Gasteiger partial charge in [-0.2, -0.15) is 10.5 Å². The second-order valence-corrected chi connectivity index (χ2v) is 5.38. The fourth-order valence-electron chi connectivity index (χ4n) is 2.13. The third-order valence-corrected chi connectivity index (χ3v) is 3.73. The quantitative estimate of drug-likeness (QED) is 0.940. The summed E-state index contributed by atoms with van der Waals surface area (Å²) in [6.45, 7) is 0.781. The van der Waals surface area contributed by atoms with Crippen molar-refractivity contribution < 1.29 is 0 Å². The monoisotopic (exact) mass is 297 g/mol. The van der Waals surface area contributed by atoms with E-state index in [1.807, 2.05) is 30.3 Å². The zero-order chi connectivity index (χ0) is 14.8. The first kappa shape index (κ1) is 13.6. The minimum absolute atomic E-state index is 0.105. The third kappa shape index (κ3) is 2.75. The summed E-state index contributed by atoms with van der Waals surface area (Å²) in [4.78, 5) is 3.92. The smallest absolute Gasteiger partial charge is 0.177 e. The molecule has 0 aliphatic heterocycles. The van der Waals surface area contributed by atoms with Crippen LogP contribution in [-0.2, 0) is 6.54 Å². The van der Waals surface area contributed by atoms with Crippen molar-refractivity contribution in [3.63, 3.8) is 0 Å². The van der Waals surface area contributed by atoms with Crippen molar-refractivity contribution >= 4 is 11.6 Å². The Balaban J connectivity index is 1.90. The van der Waals surface area contributed by atoms with E-state index in [0.29, 0.717) is 16.8 Å². The molecule has 2 aromatic rings. The van der Waals surface area contributed by atoms with Crippen molar-refractivity contribution in [1.29, 1.82) is 10.5 Å². The fourth-order valence-corrected chi connectivity index (χ4v) is 2.42. The van der Waals surface area contributed by atoms with Crippen LogP contribution in [0, 0.1) is 22.7 Å². The summed E-state index contributed by atoms with van der Waals surface area (Å²) in [7, 11) is 0. The van der Waals surface area contributed by atoms with Gasteiger partial charge in [0.2, 0.25) is 0 Å². The van der Waals surface area contributed by atoms with Gasteiger partial charge in [0.25, 0.3) is 0 Å². The highest BCUT2D eigenvalue weighted by molar-refractivity contribution is 6.32. The van der Waals surface area contributed by atoms with Crippen molar-refractivity contribution in [2.24, 2.45) is 0 Å². The maximum absolute atomic E-state index is 9.16. The molecular weight excluding hydrogens is 286 g/mol. The summed E-state index contributed by atoms with van der Waals surface area (Å²) >= 11 is 6.31. The van der Waals surface area contributed by atoms with Crippen LogP contribution in [-0.4, -0.2) is 15.6 Å². The maximum atomic E-state index is 9.16. The summed E-state index contributed by atoms with van der Waals surface area (Å²) in [5, 5.41) is 22.0. The van der Waals surface area contributed by atoms with Gasteiger partial charge in [-0.1, -0.05) is 17.7 Å². The average Bonchev–Trinajstić information content (AvgIpc) is 3.23. The molecule has 1 aliphatic rings. The van der Waals surface area contributed by atoms with E-state index in [0.717, 1.165) is 12.1 Å². The van der Waals surface area contributed by atoms with Crippen LogP contribution in [0.2, 0.25) is 5.02 Å². The molecule has 0 radical (unpaired) electrons. The molecule has 1 fully saturated rings. The first-order valence-electron chi connectivity index (χ1n) is 6.62. The van der Waals surface area contributed by atoms with E-state index >= 15 is 0 Å². The Labute approximate surface area is 127 Å². The first-order chi connectivity index (χ1) is 10.2. The topological polar surface area (TPSA) is 77.4 Å². The Kier molecular flexibility index (Phi) is 3.62. The maximum Gasteiger partial charge on any atom is 0.177 e. The Bertz CT molecular complexity index is 761. The van der Waals surface area contributed by atoms with E-state index in [2.05, 4.69) is 10.3 Å². The SMILES string of the molecule is N#Cc1ncn(-c2ccc(CNC3CC3)cc2Cl)c1C#N. The molecule has 5 nitrogen and oxygen atoms in total. The molecule has 3 rings (SSSR count). The molecule has 104 valence electrons. The molecule has 1 saturated carbocycles. The van der Waals surface area contributed by atoms with Crippen LogP contribution in [0.4, 0.5) is 0 Å². The number of imidazole rings is 1. The lowest BCUT2D eigenvalue weighted by atomic mass is 10.2. The standard InChI is InChI=1S/C15H12ClN5/c16-12-5-10(8-19-11-2-3-11)1-4-14(12)21-9-20-13(6-17)15(21)7-18/h1,4-5,9,11,19H,2-3,8H2. The lowest BCUT2D eigenvalue weighted by Crippen LogP contribution is -2.15. The molecule has 0 saturated heterocycles. The zero-order valence-corrected chi connectivity index (χ0v) is 11.9. The minimum atomic E-state index is 0.105. The van der Waals surface area contributed by atoms with Crippen LogP contribution in [0.3, 0.4) is 0 Å².